The van der Waals surface area contributed by atoms with Gasteiger partial charge >= 0.3 is 0 Å². The number of nitrogens with zero attached hydrogens (tertiary/aromatic N) is 1. The van der Waals surface area contributed by atoms with E-state index in [2.05, 4.69) is 5.32 Å². The van der Waals surface area contributed by atoms with E-state index in [0.29, 0.717) is 18.2 Å². The summed E-state index contributed by atoms with van der Waals surface area (Å²) in [4.78, 5) is 11.9. The lowest BCUT2D eigenvalue weighted by Crippen LogP contribution is -2.41. The number of rotatable bonds is 7. The molecule has 21 heavy (non-hydrogen) atoms. The first kappa shape index (κ1) is 17.5. The molecule has 1 rings (SSSR count). The van der Waals surface area contributed by atoms with Crippen LogP contribution in [0.4, 0.5) is 5.69 Å². The van der Waals surface area contributed by atoms with Crippen LogP contribution in [0.5, 0.6) is 0 Å². The van der Waals surface area contributed by atoms with Gasteiger partial charge in [-0.05, 0) is 30.0 Å². The van der Waals surface area contributed by atoms with Gasteiger partial charge in [-0.15, -0.1) is 0 Å². The number of carbonyl (C=O) groups excluding carboxylic acids is 1. The Morgan fingerprint density at radius 3 is 2.24 bits per heavy atom. The average molecular weight is 312 g/mol. The molecule has 0 aromatic heterocycles. The highest BCUT2D eigenvalue weighted by molar-refractivity contribution is 7.92. The van der Waals surface area contributed by atoms with E-state index in [-0.39, 0.29) is 12.5 Å². The third-order valence-corrected chi connectivity index (χ3v) is 4.17. The molecule has 6 heteroatoms. The summed E-state index contributed by atoms with van der Waals surface area (Å²) in [7, 11) is -3.50. The predicted octanol–water partition coefficient (Wildman–Crippen LogP) is 1.79. The minimum absolute atomic E-state index is 0.197. The molecule has 0 unspecified atom stereocenters. The molecule has 5 nitrogen and oxygen atoms in total. The molecule has 0 aliphatic heterocycles. The summed E-state index contributed by atoms with van der Waals surface area (Å²) >= 11 is 0. The highest BCUT2D eigenvalue weighted by atomic mass is 32.2. The van der Waals surface area contributed by atoms with E-state index in [1.165, 1.54) is 0 Å². The van der Waals surface area contributed by atoms with Crippen molar-refractivity contribution >= 4 is 21.6 Å². The van der Waals surface area contributed by atoms with Crippen molar-refractivity contribution in [2.45, 2.75) is 27.2 Å². The normalized spacial score (nSPS) is 11.5. The molecule has 0 heterocycles. The molecule has 1 aromatic rings. The molecule has 0 fully saturated rings. The van der Waals surface area contributed by atoms with E-state index >= 15 is 0 Å². The second kappa shape index (κ2) is 7.45. The van der Waals surface area contributed by atoms with Crippen LogP contribution in [0, 0.1) is 5.92 Å². The molecule has 0 saturated heterocycles. The third kappa shape index (κ3) is 5.75. The molecule has 0 spiro atoms. The highest BCUT2D eigenvalue weighted by Crippen LogP contribution is 2.18. The van der Waals surface area contributed by atoms with Gasteiger partial charge in [0.1, 0.15) is 6.54 Å². The van der Waals surface area contributed by atoms with E-state index in [0.717, 1.165) is 22.5 Å². The number of nitrogens with one attached hydrogen (secondary N) is 1. The SMILES string of the molecule is CCc1ccc(N(CC(=O)NCC(C)C)S(C)(=O)=O)cc1. The Morgan fingerprint density at radius 1 is 1.24 bits per heavy atom. The Hall–Kier alpha value is -1.56. The third-order valence-electron chi connectivity index (χ3n) is 3.03. The van der Waals surface area contributed by atoms with Gasteiger partial charge in [0.15, 0.2) is 0 Å². The van der Waals surface area contributed by atoms with Crippen molar-refractivity contribution in [3.63, 3.8) is 0 Å². The van der Waals surface area contributed by atoms with Crippen molar-refractivity contribution < 1.29 is 13.2 Å². The van der Waals surface area contributed by atoms with Gasteiger partial charge in [-0.1, -0.05) is 32.9 Å². The van der Waals surface area contributed by atoms with E-state index in [1.807, 2.05) is 32.9 Å². The van der Waals surface area contributed by atoms with Crippen LogP contribution in [0.3, 0.4) is 0 Å². The van der Waals surface area contributed by atoms with Crippen LogP contribution in [0.15, 0.2) is 24.3 Å². The maximum Gasteiger partial charge on any atom is 0.240 e. The van der Waals surface area contributed by atoms with E-state index < -0.39 is 10.0 Å². The van der Waals surface area contributed by atoms with Crippen molar-refractivity contribution in [1.82, 2.24) is 5.32 Å². The highest BCUT2D eigenvalue weighted by Gasteiger charge is 2.20. The Bertz CT molecular complexity index is 565. The van der Waals surface area contributed by atoms with Crippen molar-refractivity contribution in [3.8, 4) is 0 Å². The lowest BCUT2D eigenvalue weighted by Gasteiger charge is -2.22. The van der Waals surface area contributed by atoms with Gasteiger partial charge in [-0.3, -0.25) is 9.10 Å². The first-order chi connectivity index (χ1) is 9.74. The topological polar surface area (TPSA) is 66.5 Å². The summed E-state index contributed by atoms with van der Waals surface area (Å²) in [6, 6.07) is 7.21. The van der Waals surface area contributed by atoms with E-state index in [4.69, 9.17) is 0 Å². The summed E-state index contributed by atoms with van der Waals surface area (Å²) in [5, 5.41) is 2.73. The van der Waals surface area contributed by atoms with E-state index in [9.17, 15) is 13.2 Å². The summed E-state index contributed by atoms with van der Waals surface area (Å²) in [5.74, 6) is 0.0261. The van der Waals surface area contributed by atoms with Gasteiger partial charge in [0.2, 0.25) is 15.9 Å². The van der Waals surface area contributed by atoms with Crippen LogP contribution in [0.25, 0.3) is 0 Å². The van der Waals surface area contributed by atoms with Crippen molar-refractivity contribution in [1.29, 1.82) is 0 Å². The van der Waals surface area contributed by atoms with Crippen LogP contribution < -0.4 is 9.62 Å². The summed E-state index contributed by atoms with van der Waals surface area (Å²) in [5.41, 5.74) is 1.63. The molecule has 1 aromatic carbocycles. The van der Waals surface area contributed by atoms with Gasteiger partial charge in [0, 0.05) is 6.54 Å². The Morgan fingerprint density at radius 2 is 1.81 bits per heavy atom. The molecular weight excluding hydrogens is 288 g/mol. The molecule has 1 N–H and O–H groups in total. The second-order valence-electron chi connectivity index (χ2n) is 5.49. The van der Waals surface area contributed by atoms with Crippen LogP contribution in [-0.4, -0.2) is 33.7 Å². The van der Waals surface area contributed by atoms with Gasteiger partial charge < -0.3 is 5.32 Å². The van der Waals surface area contributed by atoms with E-state index in [1.54, 1.807) is 12.1 Å². The predicted molar refractivity (Wildman–Crippen MR) is 85.9 cm³/mol. The smallest absolute Gasteiger partial charge is 0.240 e. The maximum absolute atomic E-state index is 11.9. The molecule has 0 saturated carbocycles. The van der Waals surface area contributed by atoms with Crippen LogP contribution >= 0.6 is 0 Å². The van der Waals surface area contributed by atoms with Gasteiger partial charge in [0.05, 0.1) is 11.9 Å². The summed E-state index contributed by atoms with van der Waals surface area (Å²) < 4.78 is 24.9. The summed E-state index contributed by atoms with van der Waals surface area (Å²) in [6.07, 6.45) is 1.99. The number of aryl methyl sites for hydroxylation is 1. The van der Waals surface area contributed by atoms with Crippen molar-refractivity contribution in [2.24, 2.45) is 5.92 Å². The number of hydrogen-bond acceptors (Lipinski definition) is 3. The maximum atomic E-state index is 11.9. The fraction of sp³-hybridized carbons (Fsp3) is 0.533. The molecule has 0 aliphatic carbocycles. The lowest BCUT2D eigenvalue weighted by molar-refractivity contribution is -0.119. The average Bonchev–Trinajstić information content (AvgIpc) is 2.41. The molecule has 0 bridgehead atoms. The minimum atomic E-state index is -3.50. The Kier molecular flexibility index (Phi) is 6.20. The minimum Gasteiger partial charge on any atom is -0.354 e. The number of anilines is 1. The zero-order chi connectivity index (χ0) is 16.0. The van der Waals surface area contributed by atoms with Crippen LogP contribution in [0.1, 0.15) is 26.3 Å². The van der Waals surface area contributed by atoms with Crippen LogP contribution in [-0.2, 0) is 21.2 Å². The lowest BCUT2D eigenvalue weighted by atomic mass is 10.1. The zero-order valence-corrected chi connectivity index (χ0v) is 13.9. The fourth-order valence-electron chi connectivity index (χ4n) is 1.80. The van der Waals surface area contributed by atoms with Gasteiger partial charge in [0.25, 0.3) is 0 Å². The van der Waals surface area contributed by atoms with Gasteiger partial charge in [-0.25, -0.2) is 8.42 Å². The number of carbonyl (C=O) groups is 1. The summed E-state index contributed by atoms with van der Waals surface area (Å²) in [6.45, 7) is 6.33. The quantitative estimate of drug-likeness (QED) is 0.834. The Labute approximate surface area is 127 Å². The molecule has 0 aliphatic rings. The largest absolute Gasteiger partial charge is 0.354 e. The Balaban J connectivity index is 2.88. The number of benzene rings is 1. The number of amides is 1. The number of hydrogen-bond donors (Lipinski definition) is 1. The monoisotopic (exact) mass is 312 g/mol. The molecule has 118 valence electrons. The first-order valence-corrected chi connectivity index (χ1v) is 8.92. The molecule has 0 radical (unpaired) electrons. The molecular formula is C15H24N2O3S. The van der Waals surface area contributed by atoms with Crippen LogP contribution in [0.2, 0.25) is 0 Å². The second-order valence-corrected chi connectivity index (χ2v) is 7.39. The first-order valence-electron chi connectivity index (χ1n) is 7.07. The molecule has 0 atom stereocenters. The van der Waals surface area contributed by atoms with Crippen molar-refractivity contribution in [3.05, 3.63) is 29.8 Å². The fourth-order valence-corrected chi connectivity index (χ4v) is 2.66. The number of sulfonamides is 1. The zero-order valence-electron chi connectivity index (χ0n) is 13.1. The van der Waals surface area contributed by atoms with Gasteiger partial charge in [-0.2, -0.15) is 0 Å². The molecule has 1 amide bonds. The standard InChI is InChI=1S/C15H24N2O3S/c1-5-13-6-8-14(9-7-13)17(21(4,19)20)11-15(18)16-10-12(2)3/h6-9,12H,5,10-11H2,1-4H3,(H,16,18). The van der Waals surface area contributed by atoms with Crippen molar-refractivity contribution in [2.75, 3.05) is 23.7 Å².